The van der Waals surface area contributed by atoms with Crippen LogP contribution in [0, 0.1) is 0 Å². The fraction of sp³-hybridized carbons (Fsp3) is 0.429. The van der Waals surface area contributed by atoms with E-state index >= 15 is 0 Å². The summed E-state index contributed by atoms with van der Waals surface area (Å²) in [4.78, 5) is 22.9. The van der Waals surface area contributed by atoms with Crippen molar-refractivity contribution in [2.75, 3.05) is 6.61 Å². The Balaban J connectivity index is 2.26. The normalized spacial score (nSPS) is 10.0. The molecule has 0 saturated heterocycles. The van der Waals surface area contributed by atoms with Gasteiger partial charge >= 0.3 is 0 Å². The average Bonchev–Trinajstić information content (AvgIpc) is 2.44. The van der Waals surface area contributed by atoms with Gasteiger partial charge in [-0.25, -0.2) is 0 Å². The lowest BCUT2D eigenvalue weighted by atomic mass is 10.2. The Kier molecular flexibility index (Phi) is 7.93. The van der Waals surface area contributed by atoms with Gasteiger partial charge in [-0.2, -0.15) is 0 Å². The van der Waals surface area contributed by atoms with Gasteiger partial charge in [-0.1, -0.05) is 43.0 Å². The van der Waals surface area contributed by atoms with Crippen molar-refractivity contribution in [2.45, 2.75) is 32.6 Å². The van der Waals surface area contributed by atoms with E-state index in [1.807, 2.05) is 0 Å². The van der Waals surface area contributed by atoms with Crippen LogP contribution in [0.25, 0.3) is 0 Å². The SMILES string of the molecule is CCCCCC(=O)NNC(=O)COc1ccc(Cl)cc1Cl. The zero-order valence-electron chi connectivity index (χ0n) is 11.7. The minimum Gasteiger partial charge on any atom is -0.482 e. The van der Waals surface area contributed by atoms with Crippen LogP contribution in [0.2, 0.25) is 10.0 Å². The van der Waals surface area contributed by atoms with Crippen molar-refractivity contribution in [3.05, 3.63) is 28.2 Å². The summed E-state index contributed by atoms with van der Waals surface area (Å²) in [5.41, 5.74) is 4.61. The van der Waals surface area contributed by atoms with E-state index < -0.39 is 5.91 Å². The molecule has 0 atom stereocenters. The van der Waals surface area contributed by atoms with Gasteiger partial charge in [-0.3, -0.25) is 20.4 Å². The molecule has 1 rings (SSSR count). The van der Waals surface area contributed by atoms with E-state index in [4.69, 9.17) is 27.9 Å². The summed E-state index contributed by atoms with van der Waals surface area (Å²) in [6.07, 6.45) is 3.21. The molecule has 5 nitrogen and oxygen atoms in total. The predicted octanol–water partition coefficient (Wildman–Crippen LogP) is 3.10. The lowest BCUT2D eigenvalue weighted by molar-refractivity contribution is -0.130. The predicted molar refractivity (Wildman–Crippen MR) is 82.4 cm³/mol. The molecule has 0 heterocycles. The molecule has 0 aliphatic carbocycles. The number of carbonyl (C=O) groups is 2. The van der Waals surface area contributed by atoms with Crippen molar-refractivity contribution in [3.8, 4) is 5.75 Å². The summed E-state index contributed by atoms with van der Waals surface area (Å²) < 4.78 is 5.23. The number of hydrogen-bond donors (Lipinski definition) is 2. The van der Waals surface area contributed by atoms with Crippen LogP contribution in [0.1, 0.15) is 32.6 Å². The van der Waals surface area contributed by atoms with Crippen LogP contribution in [0.4, 0.5) is 0 Å². The Morgan fingerprint density at radius 1 is 1.14 bits per heavy atom. The van der Waals surface area contributed by atoms with Crippen LogP contribution in [0.15, 0.2) is 18.2 Å². The molecule has 1 aromatic rings. The molecule has 0 bridgehead atoms. The van der Waals surface area contributed by atoms with Crippen molar-refractivity contribution in [1.82, 2.24) is 10.9 Å². The quantitative estimate of drug-likeness (QED) is 0.595. The number of nitrogens with one attached hydrogen (secondary N) is 2. The number of halogens is 2. The standard InChI is InChI=1S/C14H18Cl2N2O3/c1-2-3-4-5-13(19)17-18-14(20)9-21-12-7-6-10(15)8-11(12)16/h6-8H,2-5,9H2,1H3,(H,17,19)(H,18,20). The van der Waals surface area contributed by atoms with Crippen molar-refractivity contribution < 1.29 is 14.3 Å². The molecular formula is C14H18Cl2N2O3. The van der Waals surface area contributed by atoms with Crippen LogP contribution >= 0.6 is 23.2 Å². The Hall–Kier alpha value is -1.46. The van der Waals surface area contributed by atoms with Gasteiger partial charge in [-0.05, 0) is 24.6 Å². The lowest BCUT2D eigenvalue weighted by Crippen LogP contribution is -2.43. The molecule has 0 radical (unpaired) electrons. The minimum absolute atomic E-state index is 0.221. The summed E-state index contributed by atoms with van der Waals surface area (Å²) in [7, 11) is 0. The third kappa shape index (κ3) is 7.20. The molecule has 0 fully saturated rings. The fourth-order valence-electron chi connectivity index (χ4n) is 1.51. The zero-order chi connectivity index (χ0) is 15.7. The number of carbonyl (C=O) groups excluding carboxylic acids is 2. The monoisotopic (exact) mass is 332 g/mol. The number of amides is 2. The fourth-order valence-corrected chi connectivity index (χ4v) is 1.97. The van der Waals surface area contributed by atoms with Gasteiger partial charge < -0.3 is 4.74 Å². The second-order valence-electron chi connectivity index (χ2n) is 4.42. The highest BCUT2D eigenvalue weighted by Crippen LogP contribution is 2.27. The van der Waals surface area contributed by atoms with Gasteiger partial charge in [0.05, 0.1) is 5.02 Å². The van der Waals surface area contributed by atoms with E-state index in [0.717, 1.165) is 19.3 Å². The first-order valence-electron chi connectivity index (χ1n) is 6.68. The van der Waals surface area contributed by atoms with E-state index in [9.17, 15) is 9.59 Å². The summed E-state index contributed by atoms with van der Waals surface area (Å²) in [5, 5.41) is 0.801. The minimum atomic E-state index is -0.468. The second-order valence-corrected chi connectivity index (χ2v) is 5.26. The summed E-state index contributed by atoms with van der Waals surface area (Å²) in [5.74, 6) is -0.336. The molecule has 1 aromatic carbocycles. The van der Waals surface area contributed by atoms with Crippen molar-refractivity contribution in [3.63, 3.8) is 0 Å². The molecule has 0 saturated carbocycles. The van der Waals surface area contributed by atoms with E-state index in [2.05, 4.69) is 17.8 Å². The Morgan fingerprint density at radius 2 is 1.86 bits per heavy atom. The molecule has 0 aromatic heterocycles. The molecule has 0 unspecified atom stereocenters. The number of rotatable bonds is 7. The van der Waals surface area contributed by atoms with E-state index in [1.165, 1.54) is 6.07 Å². The van der Waals surface area contributed by atoms with Crippen LogP contribution in [0.5, 0.6) is 5.75 Å². The Morgan fingerprint density at radius 3 is 2.52 bits per heavy atom. The first kappa shape index (κ1) is 17.6. The van der Waals surface area contributed by atoms with E-state index in [1.54, 1.807) is 12.1 Å². The highest BCUT2D eigenvalue weighted by molar-refractivity contribution is 6.35. The van der Waals surface area contributed by atoms with Gasteiger partial charge in [0.2, 0.25) is 5.91 Å². The number of hydrogen-bond acceptors (Lipinski definition) is 3. The molecule has 2 N–H and O–H groups in total. The summed E-state index contributed by atoms with van der Waals surface area (Å²) in [6.45, 7) is 1.80. The Labute approximate surface area is 133 Å². The second kappa shape index (κ2) is 9.47. The van der Waals surface area contributed by atoms with Gasteiger partial charge in [0.15, 0.2) is 6.61 Å². The molecular weight excluding hydrogens is 315 g/mol. The van der Waals surface area contributed by atoms with E-state index in [0.29, 0.717) is 22.2 Å². The van der Waals surface area contributed by atoms with Crippen LogP contribution < -0.4 is 15.6 Å². The van der Waals surface area contributed by atoms with E-state index in [-0.39, 0.29) is 12.5 Å². The summed E-state index contributed by atoms with van der Waals surface area (Å²) in [6, 6.07) is 4.70. The molecule has 0 aliphatic rings. The molecule has 0 spiro atoms. The third-order valence-electron chi connectivity index (χ3n) is 2.60. The van der Waals surface area contributed by atoms with Gasteiger partial charge in [0.25, 0.3) is 5.91 Å². The lowest BCUT2D eigenvalue weighted by Gasteiger charge is -2.09. The largest absolute Gasteiger partial charge is 0.482 e. The molecule has 2 amide bonds. The van der Waals surface area contributed by atoms with Gasteiger partial charge in [0.1, 0.15) is 5.75 Å². The van der Waals surface area contributed by atoms with Gasteiger partial charge in [0, 0.05) is 11.4 Å². The van der Waals surface area contributed by atoms with Gasteiger partial charge in [-0.15, -0.1) is 0 Å². The first-order chi connectivity index (χ1) is 10.0. The highest BCUT2D eigenvalue weighted by atomic mass is 35.5. The number of unbranched alkanes of at least 4 members (excludes halogenated alkanes) is 2. The smallest absolute Gasteiger partial charge is 0.276 e. The average molecular weight is 333 g/mol. The van der Waals surface area contributed by atoms with Crippen LogP contribution in [-0.4, -0.2) is 18.4 Å². The number of benzene rings is 1. The maximum absolute atomic E-state index is 11.5. The summed E-state index contributed by atoms with van der Waals surface area (Å²) >= 11 is 11.7. The van der Waals surface area contributed by atoms with Crippen LogP contribution in [0.3, 0.4) is 0 Å². The Bertz CT molecular complexity index is 495. The number of ether oxygens (including phenoxy) is 1. The maximum atomic E-state index is 11.5. The highest BCUT2D eigenvalue weighted by Gasteiger charge is 2.07. The number of hydrazine groups is 1. The molecule has 116 valence electrons. The molecule has 7 heteroatoms. The third-order valence-corrected chi connectivity index (χ3v) is 3.13. The van der Waals surface area contributed by atoms with Crippen molar-refractivity contribution in [2.24, 2.45) is 0 Å². The zero-order valence-corrected chi connectivity index (χ0v) is 13.3. The molecule has 0 aliphatic heterocycles. The first-order valence-corrected chi connectivity index (χ1v) is 7.44. The van der Waals surface area contributed by atoms with Crippen LogP contribution in [-0.2, 0) is 9.59 Å². The maximum Gasteiger partial charge on any atom is 0.276 e. The topological polar surface area (TPSA) is 67.4 Å². The molecule has 21 heavy (non-hydrogen) atoms. The van der Waals surface area contributed by atoms with Crippen molar-refractivity contribution >= 4 is 35.0 Å². The van der Waals surface area contributed by atoms with Crippen molar-refractivity contribution in [1.29, 1.82) is 0 Å².